The monoisotopic (exact) mass is 276 g/mol. The van der Waals surface area contributed by atoms with Gasteiger partial charge >= 0.3 is 0 Å². The smallest absolute Gasteiger partial charge is 0.0702 e. The molecule has 0 unspecified atom stereocenters. The summed E-state index contributed by atoms with van der Waals surface area (Å²) in [5.74, 6) is 0. The van der Waals surface area contributed by atoms with Crippen LogP contribution in [0.2, 0.25) is 0 Å². The number of anilines is 1. The minimum Gasteiger partial charge on any atom is -0.399 e. The molecule has 0 amide bonds. The molecule has 0 fully saturated rings. The van der Waals surface area contributed by atoms with Crippen LogP contribution in [-0.4, -0.2) is 19.2 Å². The topological polar surface area (TPSA) is 47.7 Å². The summed E-state index contributed by atoms with van der Waals surface area (Å²) in [6.45, 7) is 0. The summed E-state index contributed by atoms with van der Waals surface area (Å²) >= 11 is 1.17. The predicted octanol–water partition coefficient (Wildman–Crippen LogP) is 3.37. The van der Waals surface area contributed by atoms with Crippen molar-refractivity contribution in [3.05, 3.63) is 48.5 Å². The molecule has 0 aliphatic carbocycles. The molecule has 0 aliphatic heterocycles. The molecular formula is C14H16N2O2S. The van der Waals surface area contributed by atoms with E-state index in [1.807, 2.05) is 48.5 Å². The van der Waals surface area contributed by atoms with Crippen molar-refractivity contribution in [1.82, 2.24) is 5.06 Å². The Hall–Kier alpha value is -1.53. The van der Waals surface area contributed by atoms with Crippen molar-refractivity contribution in [3.63, 3.8) is 0 Å². The largest absolute Gasteiger partial charge is 0.399 e. The van der Waals surface area contributed by atoms with Gasteiger partial charge in [0.1, 0.15) is 0 Å². The number of rotatable bonds is 5. The van der Waals surface area contributed by atoms with Crippen molar-refractivity contribution in [1.29, 1.82) is 0 Å². The number of hydrogen-bond donors (Lipinski definition) is 1. The summed E-state index contributed by atoms with van der Waals surface area (Å²) in [4.78, 5) is 5.83. The normalized spacial score (nSPS) is 10.9. The van der Waals surface area contributed by atoms with Gasteiger partial charge in [-0.15, -0.1) is 9.32 Å². The van der Waals surface area contributed by atoms with Crippen LogP contribution in [0.1, 0.15) is 0 Å². The second-order valence-electron chi connectivity index (χ2n) is 4.18. The lowest BCUT2D eigenvalue weighted by atomic mass is 10.1. The molecule has 2 aromatic rings. The maximum Gasteiger partial charge on any atom is 0.0702 e. The summed E-state index contributed by atoms with van der Waals surface area (Å²) in [6, 6.07) is 15.8. The second kappa shape index (κ2) is 6.58. The van der Waals surface area contributed by atoms with Crippen LogP contribution in [0.5, 0.6) is 0 Å². The maximum atomic E-state index is 5.67. The molecule has 0 bridgehead atoms. The maximum absolute atomic E-state index is 5.67. The quantitative estimate of drug-likeness (QED) is 0.393. The number of nitrogens with zero attached hydrogens (tertiary/aromatic N) is 1. The Balaban J connectivity index is 2.00. The molecule has 2 rings (SSSR count). The van der Waals surface area contributed by atoms with E-state index in [-0.39, 0.29) is 0 Å². The highest BCUT2D eigenvalue weighted by Gasteiger charge is 2.00. The zero-order valence-corrected chi connectivity index (χ0v) is 11.7. The molecule has 0 saturated carbocycles. The number of nitrogens with two attached hydrogens (primary N) is 1. The van der Waals surface area contributed by atoms with Crippen LogP contribution in [0.4, 0.5) is 5.69 Å². The number of hydroxylamine groups is 2. The molecule has 0 spiro atoms. The van der Waals surface area contributed by atoms with E-state index in [4.69, 9.17) is 15.1 Å². The average molecular weight is 276 g/mol. The summed E-state index contributed by atoms with van der Waals surface area (Å²) in [7, 11) is 3.51. The first-order valence-corrected chi connectivity index (χ1v) is 6.54. The molecule has 100 valence electrons. The molecule has 2 aromatic carbocycles. The Bertz CT molecular complexity index is 512. The van der Waals surface area contributed by atoms with Crippen LogP contribution in [0.3, 0.4) is 0 Å². The van der Waals surface area contributed by atoms with Gasteiger partial charge in [-0.05, 0) is 35.4 Å². The first kappa shape index (κ1) is 13.9. The lowest BCUT2D eigenvalue weighted by Gasteiger charge is -2.07. The number of nitrogen functional groups attached to an aromatic ring is 1. The lowest BCUT2D eigenvalue weighted by molar-refractivity contribution is -0.340. The van der Waals surface area contributed by atoms with Gasteiger partial charge < -0.3 is 5.73 Å². The van der Waals surface area contributed by atoms with Crippen LogP contribution in [0.25, 0.3) is 11.1 Å². The standard InChI is InChI=1S/C14H16N2O2S/c1-16(2)17-18-19-14-9-5-12(6-10-14)11-3-7-13(15)8-4-11/h3-10H,15H2,1-2H3. The van der Waals surface area contributed by atoms with Gasteiger partial charge in [0, 0.05) is 24.7 Å². The van der Waals surface area contributed by atoms with Gasteiger partial charge in [0.15, 0.2) is 0 Å². The molecule has 4 nitrogen and oxygen atoms in total. The van der Waals surface area contributed by atoms with Gasteiger partial charge in [-0.3, -0.25) is 0 Å². The minimum absolute atomic E-state index is 0.769. The minimum atomic E-state index is 0.769. The Morgan fingerprint density at radius 3 is 1.95 bits per heavy atom. The van der Waals surface area contributed by atoms with E-state index >= 15 is 0 Å². The molecule has 0 atom stereocenters. The van der Waals surface area contributed by atoms with E-state index in [0.717, 1.165) is 21.7 Å². The predicted molar refractivity (Wildman–Crippen MR) is 78.0 cm³/mol. The van der Waals surface area contributed by atoms with Crippen molar-refractivity contribution >= 4 is 17.7 Å². The molecular weight excluding hydrogens is 260 g/mol. The Labute approximate surface area is 117 Å². The van der Waals surface area contributed by atoms with E-state index in [1.165, 1.54) is 17.1 Å². The van der Waals surface area contributed by atoms with Crippen LogP contribution >= 0.6 is 12.0 Å². The van der Waals surface area contributed by atoms with Gasteiger partial charge in [0.05, 0.1) is 12.0 Å². The SMILES string of the molecule is CN(C)OOSc1ccc(-c2ccc(N)cc2)cc1. The average Bonchev–Trinajstić information content (AvgIpc) is 2.40. The van der Waals surface area contributed by atoms with Crippen LogP contribution in [0.15, 0.2) is 53.4 Å². The Morgan fingerprint density at radius 1 is 0.895 bits per heavy atom. The van der Waals surface area contributed by atoms with Gasteiger partial charge in [-0.1, -0.05) is 24.3 Å². The van der Waals surface area contributed by atoms with E-state index in [0.29, 0.717) is 0 Å². The van der Waals surface area contributed by atoms with Gasteiger partial charge in [0.25, 0.3) is 0 Å². The van der Waals surface area contributed by atoms with Crippen LogP contribution in [-0.2, 0) is 9.32 Å². The zero-order chi connectivity index (χ0) is 13.7. The van der Waals surface area contributed by atoms with Crippen LogP contribution < -0.4 is 5.73 Å². The summed E-state index contributed by atoms with van der Waals surface area (Å²) in [5, 5.41) is 1.48. The first-order valence-electron chi connectivity index (χ1n) is 5.80. The van der Waals surface area contributed by atoms with Gasteiger partial charge in [-0.25, -0.2) is 0 Å². The van der Waals surface area contributed by atoms with E-state index in [2.05, 4.69) is 0 Å². The molecule has 0 saturated heterocycles. The fourth-order valence-electron chi connectivity index (χ4n) is 1.49. The van der Waals surface area contributed by atoms with Crippen molar-refractivity contribution in [2.45, 2.75) is 4.90 Å². The lowest BCUT2D eigenvalue weighted by Crippen LogP contribution is -2.10. The number of benzene rings is 2. The van der Waals surface area contributed by atoms with Gasteiger partial charge in [-0.2, -0.15) is 5.06 Å². The zero-order valence-electron chi connectivity index (χ0n) is 10.9. The third-order valence-corrected chi connectivity index (χ3v) is 3.00. The van der Waals surface area contributed by atoms with Crippen molar-refractivity contribution in [2.75, 3.05) is 19.8 Å². The Kier molecular flexibility index (Phi) is 4.81. The van der Waals surface area contributed by atoms with E-state index in [1.54, 1.807) is 14.1 Å². The summed E-state index contributed by atoms with van der Waals surface area (Å²) in [5.41, 5.74) is 8.71. The third-order valence-electron chi connectivity index (χ3n) is 2.41. The molecule has 19 heavy (non-hydrogen) atoms. The highest BCUT2D eigenvalue weighted by atomic mass is 32.2. The first-order chi connectivity index (χ1) is 9.15. The van der Waals surface area contributed by atoms with Crippen molar-refractivity contribution in [2.24, 2.45) is 0 Å². The molecule has 2 N–H and O–H groups in total. The molecule has 0 heterocycles. The fraction of sp³-hybridized carbons (Fsp3) is 0.143. The van der Waals surface area contributed by atoms with Gasteiger partial charge in [0.2, 0.25) is 0 Å². The van der Waals surface area contributed by atoms with Crippen molar-refractivity contribution < 1.29 is 9.32 Å². The summed E-state index contributed by atoms with van der Waals surface area (Å²) < 4.78 is 4.97. The summed E-state index contributed by atoms with van der Waals surface area (Å²) in [6.07, 6.45) is 0. The molecule has 0 radical (unpaired) electrons. The highest BCUT2D eigenvalue weighted by molar-refractivity contribution is 7.94. The van der Waals surface area contributed by atoms with E-state index < -0.39 is 0 Å². The fourth-order valence-corrected chi connectivity index (χ4v) is 1.97. The highest BCUT2D eigenvalue weighted by Crippen LogP contribution is 2.25. The third kappa shape index (κ3) is 4.25. The molecule has 5 heteroatoms. The Morgan fingerprint density at radius 2 is 1.42 bits per heavy atom. The second-order valence-corrected chi connectivity index (χ2v) is 4.96. The van der Waals surface area contributed by atoms with Crippen molar-refractivity contribution in [3.8, 4) is 11.1 Å². The van der Waals surface area contributed by atoms with E-state index in [9.17, 15) is 0 Å². The number of hydrogen-bond acceptors (Lipinski definition) is 5. The molecule has 0 aromatic heterocycles. The van der Waals surface area contributed by atoms with Crippen LogP contribution in [0, 0.1) is 0 Å². The molecule has 0 aliphatic rings.